The Balaban J connectivity index is 1.83. The first-order valence-electron chi connectivity index (χ1n) is 10.8. The number of benzene rings is 3. The van der Waals surface area contributed by atoms with Crippen molar-refractivity contribution in [3.05, 3.63) is 70.7 Å². The molecule has 0 aliphatic carbocycles. The molecule has 0 fully saturated rings. The number of nitrogens with one attached hydrogen (secondary N) is 2. The number of hydrogen-bond acceptors (Lipinski definition) is 7. The average molecular weight is 533 g/mol. The number of sulfone groups is 1. The molecule has 0 saturated heterocycles. The second kappa shape index (κ2) is 10.9. The molecule has 4 N–H and O–H groups in total. The summed E-state index contributed by atoms with van der Waals surface area (Å²) in [5, 5.41) is 23.8. The summed E-state index contributed by atoms with van der Waals surface area (Å²) in [6, 6.07) is 12.6. The molecule has 3 aromatic rings. The summed E-state index contributed by atoms with van der Waals surface area (Å²) < 4.78 is 31.2. The molecule has 9 nitrogen and oxygen atoms in total. The minimum atomic E-state index is -3.99. The highest BCUT2D eigenvalue weighted by Crippen LogP contribution is 2.35. The minimum absolute atomic E-state index is 0.00385. The number of methoxy groups -OCH3 is 1. The largest absolute Gasteiger partial charge is 0.507 e. The van der Waals surface area contributed by atoms with E-state index in [4.69, 9.17) is 16.3 Å². The van der Waals surface area contributed by atoms with Crippen LogP contribution >= 0.6 is 11.6 Å². The van der Waals surface area contributed by atoms with Gasteiger partial charge in [-0.3, -0.25) is 9.59 Å². The highest BCUT2D eigenvalue weighted by atomic mass is 35.5. The van der Waals surface area contributed by atoms with E-state index in [1.54, 1.807) is 26.0 Å². The molecule has 36 heavy (non-hydrogen) atoms. The zero-order chi connectivity index (χ0) is 26.6. The zero-order valence-electron chi connectivity index (χ0n) is 19.7. The van der Waals surface area contributed by atoms with Gasteiger partial charge in [0.25, 0.3) is 5.91 Å². The van der Waals surface area contributed by atoms with Gasteiger partial charge in [-0.15, -0.1) is 0 Å². The van der Waals surface area contributed by atoms with Gasteiger partial charge in [0.2, 0.25) is 5.91 Å². The summed E-state index contributed by atoms with van der Waals surface area (Å²) in [6.07, 6.45) is 0.00385. The Morgan fingerprint density at radius 2 is 1.72 bits per heavy atom. The van der Waals surface area contributed by atoms with Crippen molar-refractivity contribution in [1.82, 2.24) is 0 Å². The van der Waals surface area contributed by atoms with Crippen molar-refractivity contribution in [3.8, 4) is 17.2 Å². The second-order valence-corrected chi connectivity index (χ2v) is 10.5. The van der Waals surface area contributed by atoms with Gasteiger partial charge in [-0.2, -0.15) is 0 Å². The van der Waals surface area contributed by atoms with E-state index >= 15 is 0 Å². The molecule has 2 amide bonds. The van der Waals surface area contributed by atoms with Crippen molar-refractivity contribution in [1.29, 1.82) is 0 Å². The molecule has 1 atom stereocenters. The predicted octanol–water partition coefficient (Wildman–Crippen LogP) is 4.51. The monoisotopic (exact) mass is 532 g/mol. The van der Waals surface area contributed by atoms with Gasteiger partial charge in [-0.25, -0.2) is 8.42 Å². The molecule has 0 radical (unpaired) electrons. The smallest absolute Gasteiger partial charge is 0.259 e. The number of rotatable bonds is 8. The summed E-state index contributed by atoms with van der Waals surface area (Å²) in [5.74, 6) is -1.98. The fourth-order valence-corrected chi connectivity index (χ4v) is 5.42. The number of ether oxygens (including phenoxy) is 1. The average Bonchev–Trinajstić information content (AvgIpc) is 2.82. The number of amides is 2. The number of halogens is 1. The number of anilines is 2. The lowest BCUT2D eigenvalue weighted by Gasteiger charge is -2.18. The SMILES string of the molecule is CCC(C(=O)Nc1cc(O)c(NC(=O)c2cc(OC)ccc2O)cc1Cl)S(=O)(=O)c1cccc(C)c1. The van der Waals surface area contributed by atoms with Gasteiger partial charge in [0.1, 0.15) is 22.5 Å². The van der Waals surface area contributed by atoms with Gasteiger partial charge < -0.3 is 25.6 Å². The van der Waals surface area contributed by atoms with Crippen LogP contribution in [0, 0.1) is 6.92 Å². The van der Waals surface area contributed by atoms with Crippen molar-refractivity contribution in [2.45, 2.75) is 30.4 Å². The maximum atomic E-state index is 13.1. The molecular weight excluding hydrogens is 508 g/mol. The van der Waals surface area contributed by atoms with Crippen LogP contribution in [0.2, 0.25) is 5.02 Å². The Hall–Kier alpha value is -3.76. The lowest BCUT2D eigenvalue weighted by atomic mass is 10.1. The molecule has 3 aromatic carbocycles. The van der Waals surface area contributed by atoms with Crippen molar-refractivity contribution in [2.24, 2.45) is 0 Å². The summed E-state index contributed by atoms with van der Waals surface area (Å²) in [6.45, 7) is 3.32. The maximum Gasteiger partial charge on any atom is 0.259 e. The minimum Gasteiger partial charge on any atom is -0.507 e. The second-order valence-electron chi connectivity index (χ2n) is 7.93. The van der Waals surface area contributed by atoms with Crippen LogP contribution < -0.4 is 15.4 Å². The Morgan fingerprint density at radius 1 is 1.00 bits per heavy atom. The summed E-state index contributed by atoms with van der Waals surface area (Å²) in [7, 11) is -2.58. The summed E-state index contributed by atoms with van der Waals surface area (Å²) >= 11 is 6.26. The number of aryl methyl sites for hydroxylation is 1. The van der Waals surface area contributed by atoms with E-state index in [2.05, 4.69) is 10.6 Å². The fourth-order valence-electron chi connectivity index (χ4n) is 3.49. The maximum absolute atomic E-state index is 13.1. The topological polar surface area (TPSA) is 142 Å². The molecule has 0 aromatic heterocycles. The van der Waals surface area contributed by atoms with E-state index in [0.29, 0.717) is 5.75 Å². The normalized spacial score (nSPS) is 12.0. The Bertz CT molecular complexity index is 1420. The first-order chi connectivity index (χ1) is 17.0. The van der Waals surface area contributed by atoms with E-state index < -0.39 is 32.7 Å². The van der Waals surface area contributed by atoms with Crippen LogP contribution in [0.5, 0.6) is 17.2 Å². The van der Waals surface area contributed by atoms with Gasteiger partial charge in [0.15, 0.2) is 9.84 Å². The Labute approximate surface area is 213 Å². The quantitative estimate of drug-likeness (QED) is 0.312. The molecule has 0 aliphatic rings. The molecule has 0 saturated carbocycles. The number of aromatic hydroxyl groups is 2. The Morgan fingerprint density at radius 3 is 2.36 bits per heavy atom. The van der Waals surface area contributed by atoms with Crippen LogP contribution in [-0.2, 0) is 14.6 Å². The van der Waals surface area contributed by atoms with Crippen LogP contribution in [0.15, 0.2) is 59.5 Å². The molecule has 0 bridgehead atoms. The molecule has 0 aliphatic heterocycles. The van der Waals surface area contributed by atoms with E-state index in [9.17, 15) is 28.2 Å². The first kappa shape index (κ1) is 26.8. The number of hydrogen-bond donors (Lipinski definition) is 4. The van der Waals surface area contributed by atoms with Crippen LogP contribution in [-0.4, -0.2) is 42.8 Å². The van der Waals surface area contributed by atoms with Crippen molar-refractivity contribution in [2.75, 3.05) is 17.7 Å². The van der Waals surface area contributed by atoms with Crippen molar-refractivity contribution >= 4 is 44.6 Å². The van der Waals surface area contributed by atoms with Gasteiger partial charge in [0.05, 0.1) is 34.0 Å². The zero-order valence-corrected chi connectivity index (χ0v) is 21.3. The summed E-state index contributed by atoms with van der Waals surface area (Å²) in [4.78, 5) is 25.6. The van der Waals surface area contributed by atoms with Crippen LogP contribution in [0.1, 0.15) is 29.3 Å². The van der Waals surface area contributed by atoms with Gasteiger partial charge in [-0.1, -0.05) is 30.7 Å². The highest BCUT2D eigenvalue weighted by Gasteiger charge is 2.33. The molecule has 190 valence electrons. The van der Waals surface area contributed by atoms with E-state index in [1.165, 1.54) is 43.5 Å². The molecule has 3 rings (SSSR count). The molecule has 0 spiro atoms. The number of phenols is 2. The predicted molar refractivity (Wildman–Crippen MR) is 137 cm³/mol. The van der Waals surface area contributed by atoms with Crippen LogP contribution in [0.4, 0.5) is 11.4 Å². The van der Waals surface area contributed by atoms with E-state index in [1.807, 2.05) is 0 Å². The van der Waals surface area contributed by atoms with Crippen molar-refractivity contribution < 1.29 is 33.0 Å². The highest BCUT2D eigenvalue weighted by molar-refractivity contribution is 7.92. The molecule has 11 heteroatoms. The van der Waals surface area contributed by atoms with Gasteiger partial charge >= 0.3 is 0 Å². The van der Waals surface area contributed by atoms with Crippen LogP contribution in [0.25, 0.3) is 0 Å². The number of phenolic OH excluding ortho intramolecular Hbond substituents is 2. The van der Waals surface area contributed by atoms with Gasteiger partial charge in [-0.05, 0) is 55.3 Å². The first-order valence-corrected chi connectivity index (χ1v) is 12.7. The third-order valence-electron chi connectivity index (χ3n) is 5.40. The lowest BCUT2D eigenvalue weighted by Crippen LogP contribution is -2.34. The molecular formula is C25H25ClN2O7S. The fraction of sp³-hybridized carbons (Fsp3) is 0.200. The van der Waals surface area contributed by atoms with E-state index in [-0.39, 0.29) is 39.0 Å². The number of carbonyl (C=O) groups excluding carboxylic acids is 2. The van der Waals surface area contributed by atoms with Gasteiger partial charge in [0, 0.05) is 6.07 Å². The standard InChI is InChI=1S/C25H25ClN2O7S/c1-4-23(36(33,34)16-7-5-6-14(2)10-16)25(32)27-19-13-22(30)20(12-18(19)26)28-24(31)17-11-15(35-3)8-9-21(17)29/h5-13,23,29-30H,4H2,1-3H3,(H,27,32)(H,28,31). The summed E-state index contributed by atoms with van der Waals surface area (Å²) in [5.41, 5.74) is 0.498. The van der Waals surface area contributed by atoms with E-state index in [0.717, 1.165) is 11.6 Å². The Kier molecular flexibility index (Phi) is 8.11. The lowest BCUT2D eigenvalue weighted by molar-refractivity contribution is -0.115. The van der Waals surface area contributed by atoms with Crippen LogP contribution in [0.3, 0.4) is 0 Å². The molecule has 1 unspecified atom stereocenters. The third kappa shape index (κ3) is 5.72. The number of carbonyl (C=O) groups is 2. The van der Waals surface area contributed by atoms with Crippen molar-refractivity contribution in [3.63, 3.8) is 0 Å². The molecule has 0 heterocycles. The third-order valence-corrected chi connectivity index (χ3v) is 7.92.